The molecule has 3 heterocycles. The summed E-state index contributed by atoms with van der Waals surface area (Å²) in [6.45, 7) is 4.31. The van der Waals surface area contributed by atoms with Gasteiger partial charge in [-0.1, -0.05) is 32.4 Å². The lowest BCUT2D eigenvalue weighted by Crippen LogP contribution is -2.59. The largest absolute Gasteiger partial charge is 0.486 e. The van der Waals surface area contributed by atoms with Gasteiger partial charge in [-0.15, -0.1) is 0 Å². The number of hydrogen-bond acceptors (Lipinski definition) is 8. The molecule has 188 valence electrons. The molecule has 0 aliphatic carbocycles. The number of nitro groups is 1. The van der Waals surface area contributed by atoms with Crippen LogP contribution in [0.4, 0.5) is 11.4 Å². The molecule has 2 amide bonds. The van der Waals surface area contributed by atoms with Crippen molar-refractivity contribution in [3.8, 4) is 11.5 Å². The van der Waals surface area contributed by atoms with E-state index in [-0.39, 0.29) is 11.4 Å². The molecule has 3 aliphatic rings. The van der Waals surface area contributed by atoms with Crippen LogP contribution in [0.2, 0.25) is 0 Å². The van der Waals surface area contributed by atoms with E-state index in [9.17, 15) is 29.6 Å². The summed E-state index contributed by atoms with van der Waals surface area (Å²) < 4.78 is 11.3. The minimum atomic E-state index is -1.72. The molecule has 0 aromatic heterocycles. The van der Waals surface area contributed by atoms with E-state index in [0.717, 1.165) is 11.0 Å². The van der Waals surface area contributed by atoms with Gasteiger partial charge in [-0.3, -0.25) is 29.8 Å². The second-order valence-corrected chi connectivity index (χ2v) is 9.30. The molecule has 0 radical (unpaired) electrons. The van der Waals surface area contributed by atoms with Crippen LogP contribution in [0.3, 0.4) is 0 Å². The molecule has 2 aromatic carbocycles. The van der Waals surface area contributed by atoms with Crippen molar-refractivity contribution in [2.75, 3.05) is 18.1 Å². The van der Waals surface area contributed by atoms with Gasteiger partial charge < -0.3 is 14.6 Å². The maximum absolute atomic E-state index is 13.8. The number of carboxylic acid groups (broad SMARTS) is 1. The summed E-state index contributed by atoms with van der Waals surface area (Å²) in [5.74, 6) is -4.27. The predicted molar refractivity (Wildman–Crippen MR) is 126 cm³/mol. The van der Waals surface area contributed by atoms with Gasteiger partial charge in [-0.05, 0) is 29.7 Å². The molecule has 3 aliphatic heterocycles. The zero-order valence-corrected chi connectivity index (χ0v) is 19.7. The number of anilines is 1. The van der Waals surface area contributed by atoms with E-state index in [1.165, 1.54) is 18.2 Å². The molecular formula is C25H25N3O8. The van der Waals surface area contributed by atoms with Crippen molar-refractivity contribution < 1.29 is 33.9 Å². The normalized spacial score (nSPS) is 27.6. The molecule has 36 heavy (non-hydrogen) atoms. The van der Waals surface area contributed by atoms with Crippen molar-refractivity contribution in [1.82, 2.24) is 5.32 Å². The number of nitrogens with one attached hydrogen (secondary N) is 1. The van der Waals surface area contributed by atoms with Crippen LogP contribution >= 0.6 is 0 Å². The van der Waals surface area contributed by atoms with E-state index in [1.54, 1.807) is 25.1 Å². The van der Waals surface area contributed by atoms with Crippen LogP contribution in [0, 0.1) is 27.9 Å². The Balaban J connectivity index is 1.65. The Kier molecular flexibility index (Phi) is 5.67. The molecule has 5 unspecified atom stereocenters. The first-order valence-corrected chi connectivity index (χ1v) is 11.7. The number of imide groups is 1. The van der Waals surface area contributed by atoms with Crippen LogP contribution < -0.4 is 19.7 Å². The molecule has 0 spiro atoms. The molecule has 2 fully saturated rings. The molecule has 0 saturated carbocycles. The topological polar surface area (TPSA) is 148 Å². The van der Waals surface area contributed by atoms with Crippen LogP contribution in [-0.4, -0.2) is 46.6 Å². The average molecular weight is 495 g/mol. The highest BCUT2D eigenvalue weighted by Gasteiger charge is 2.70. The van der Waals surface area contributed by atoms with E-state index in [1.807, 2.05) is 6.92 Å². The molecule has 2 N–H and O–H groups in total. The SMILES string of the molecule is CCC(C)C1(C(=O)O)NC(c2ccc3c(c2)OCCO3)C2C(=O)N(c3cccc([N+](=O)[O-])c3)C(=O)C21. The van der Waals surface area contributed by atoms with Gasteiger partial charge in [0.2, 0.25) is 11.8 Å². The van der Waals surface area contributed by atoms with Crippen LogP contribution in [0.15, 0.2) is 42.5 Å². The highest BCUT2D eigenvalue weighted by Crippen LogP contribution is 2.53. The van der Waals surface area contributed by atoms with Crippen LogP contribution in [-0.2, 0) is 14.4 Å². The molecule has 5 rings (SSSR count). The van der Waals surface area contributed by atoms with E-state index >= 15 is 0 Å². The second-order valence-electron chi connectivity index (χ2n) is 9.30. The van der Waals surface area contributed by atoms with Gasteiger partial charge in [0.15, 0.2) is 11.5 Å². The number of ether oxygens (including phenoxy) is 2. The number of hydrogen-bond donors (Lipinski definition) is 2. The molecular weight excluding hydrogens is 470 g/mol. The first-order chi connectivity index (χ1) is 17.2. The predicted octanol–water partition coefficient (Wildman–Crippen LogP) is 2.69. The number of fused-ring (bicyclic) bond motifs is 2. The number of rotatable bonds is 6. The third kappa shape index (κ3) is 3.34. The number of benzene rings is 2. The Labute approximate surface area is 206 Å². The maximum atomic E-state index is 13.8. The Bertz CT molecular complexity index is 1280. The highest BCUT2D eigenvalue weighted by molar-refractivity contribution is 6.24. The van der Waals surface area contributed by atoms with Crippen molar-refractivity contribution in [1.29, 1.82) is 0 Å². The lowest BCUT2D eigenvalue weighted by molar-refractivity contribution is -0.384. The Morgan fingerprint density at radius 3 is 2.58 bits per heavy atom. The van der Waals surface area contributed by atoms with Gasteiger partial charge >= 0.3 is 5.97 Å². The van der Waals surface area contributed by atoms with Gasteiger partial charge in [0.05, 0.1) is 22.4 Å². The molecule has 11 nitrogen and oxygen atoms in total. The Morgan fingerprint density at radius 1 is 1.19 bits per heavy atom. The fourth-order valence-electron chi connectivity index (χ4n) is 5.66. The second kappa shape index (κ2) is 8.59. The monoisotopic (exact) mass is 495 g/mol. The zero-order valence-electron chi connectivity index (χ0n) is 19.7. The quantitative estimate of drug-likeness (QED) is 0.350. The fraction of sp³-hybridized carbons (Fsp3) is 0.400. The van der Waals surface area contributed by atoms with Gasteiger partial charge in [-0.25, -0.2) is 4.90 Å². The summed E-state index contributed by atoms with van der Waals surface area (Å²) >= 11 is 0. The molecule has 2 aromatic rings. The summed E-state index contributed by atoms with van der Waals surface area (Å²) in [5.41, 5.74) is -1.38. The molecule has 11 heteroatoms. The van der Waals surface area contributed by atoms with E-state index < -0.39 is 52.0 Å². The summed E-state index contributed by atoms with van der Waals surface area (Å²) in [4.78, 5) is 52.1. The third-order valence-electron chi connectivity index (χ3n) is 7.56. The minimum Gasteiger partial charge on any atom is -0.486 e. The average Bonchev–Trinajstić information content (AvgIpc) is 3.37. The van der Waals surface area contributed by atoms with Crippen molar-refractivity contribution in [2.24, 2.45) is 17.8 Å². The number of carbonyl (C=O) groups is 3. The van der Waals surface area contributed by atoms with Crippen LogP contribution in [0.1, 0.15) is 31.9 Å². The third-order valence-corrected chi connectivity index (χ3v) is 7.56. The van der Waals surface area contributed by atoms with Crippen molar-refractivity contribution in [2.45, 2.75) is 31.8 Å². The van der Waals surface area contributed by atoms with Crippen LogP contribution in [0.5, 0.6) is 11.5 Å². The van der Waals surface area contributed by atoms with Gasteiger partial charge in [0.1, 0.15) is 18.8 Å². The fourth-order valence-corrected chi connectivity index (χ4v) is 5.66. The van der Waals surface area contributed by atoms with Crippen molar-refractivity contribution >= 4 is 29.2 Å². The maximum Gasteiger partial charge on any atom is 0.325 e. The Hall–Kier alpha value is -3.99. The summed E-state index contributed by atoms with van der Waals surface area (Å²) in [6, 6.07) is 9.54. The van der Waals surface area contributed by atoms with Crippen LogP contribution in [0.25, 0.3) is 0 Å². The smallest absolute Gasteiger partial charge is 0.325 e. The first kappa shape index (κ1) is 23.7. The number of carboxylic acids is 1. The van der Waals surface area contributed by atoms with Crippen molar-refractivity contribution in [3.05, 3.63) is 58.1 Å². The Morgan fingerprint density at radius 2 is 1.92 bits per heavy atom. The van der Waals surface area contributed by atoms with E-state index in [0.29, 0.717) is 36.7 Å². The van der Waals surface area contributed by atoms with Gasteiger partial charge in [0.25, 0.3) is 5.69 Å². The lowest BCUT2D eigenvalue weighted by atomic mass is 9.72. The molecule has 5 atom stereocenters. The van der Waals surface area contributed by atoms with Crippen molar-refractivity contribution in [3.63, 3.8) is 0 Å². The standard InChI is InChI=1S/C25H25N3O8/c1-3-13(2)25(24(31)32)20-19(21(26-25)14-7-8-17-18(11-14)36-10-9-35-17)22(29)27(23(20)30)15-5-4-6-16(12-15)28(33)34/h4-8,11-13,19-21,26H,3,9-10H2,1-2H3,(H,31,32). The highest BCUT2D eigenvalue weighted by atomic mass is 16.6. The zero-order chi connectivity index (χ0) is 25.8. The summed E-state index contributed by atoms with van der Waals surface area (Å²) in [5, 5.41) is 24.9. The summed E-state index contributed by atoms with van der Waals surface area (Å²) in [7, 11) is 0. The van der Waals surface area contributed by atoms with Gasteiger partial charge in [0, 0.05) is 18.2 Å². The number of amides is 2. The number of nitro benzene ring substituents is 1. The lowest BCUT2D eigenvalue weighted by Gasteiger charge is -2.36. The van der Waals surface area contributed by atoms with E-state index in [2.05, 4.69) is 5.32 Å². The summed E-state index contributed by atoms with van der Waals surface area (Å²) in [6.07, 6.45) is 0.439. The number of aliphatic carboxylic acids is 1. The number of nitrogens with zero attached hydrogens (tertiary/aromatic N) is 2. The molecule has 2 saturated heterocycles. The number of carbonyl (C=O) groups excluding carboxylic acids is 2. The minimum absolute atomic E-state index is 0.0398. The first-order valence-electron chi connectivity index (χ1n) is 11.7. The molecule has 0 bridgehead atoms. The number of non-ortho nitro benzene ring substituents is 1. The van der Waals surface area contributed by atoms with Gasteiger partial charge in [-0.2, -0.15) is 0 Å². The van der Waals surface area contributed by atoms with E-state index in [4.69, 9.17) is 9.47 Å².